The molecule has 7 heteroatoms. The first-order valence-electron chi connectivity index (χ1n) is 7.75. The minimum Gasteiger partial charge on any atom is -0.496 e. The van der Waals surface area contributed by atoms with E-state index < -0.39 is 0 Å². The Morgan fingerprint density at radius 2 is 1.85 bits per heavy atom. The lowest BCUT2D eigenvalue weighted by atomic mass is 10.1. The third-order valence-electron chi connectivity index (χ3n) is 3.91. The van der Waals surface area contributed by atoms with Gasteiger partial charge in [0.25, 0.3) is 5.91 Å². The summed E-state index contributed by atoms with van der Waals surface area (Å²) >= 11 is 8.36. The second-order valence-electron chi connectivity index (χ2n) is 5.62. The van der Waals surface area contributed by atoms with E-state index in [1.807, 2.05) is 42.8 Å². The number of hydrogen-bond donors (Lipinski definition) is 0. The molecule has 4 nitrogen and oxygen atoms in total. The molecule has 2 aromatic carbocycles. The highest BCUT2D eigenvalue weighted by Gasteiger charge is 2.12. The number of rotatable bonds is 3. The van der Waals surface area contributed by atoms with Crippen LogP contribution in [0.1, 0.15) is 15.2 Å². The van der Waals surface area contributed by atoms with Gasteiger partial charge in [0.15, 0.2) is 4.80 Å². The zero-order valence-corrected chi connectivity index (χ0v) is 18.4. The molecule has 3 aromatic rings. The number of halogens is 2. The van der Waals surface area contributed by atoms with Crippen molar-refractivity contribution >= 4 is 49.1 Å². The molecule has 3 rings (SSSR count). The summed E-state index contributed by atoms with van der Waals surface area (Å²) in [5, 5.41) is 0. The molecule has 1 heterocycles. The van der Waals surface area contributed by atoms with Crippen LogP contribution in [0.4, 0.5) is 0 Å². The van der Waals surface area contributed by atoms with Crippen molar-refractivity contribution in [3.05, 3.63) is 66.7 Å². The van der Waals surface area contributed by atoms with Crippen molar-refractivity contribution in [3.63, 3.8) is 0 Å². The number of aromatic nitrogens is 1. The molecule has 0 aliphatic rings. The summed E-state index contributed by atoms with van der Waals surface area (Å²) in [7, 11) is 3.51. The van der Waals surface area contributed by atoms with Gasteiger partial charge >= 0.3 is 0 Å². The standard InChI is InChI=1S/C19H16Br2N2O2S/c1-11-17(12-4-7-14(20)8-5-12)23(2)19(26-11)22-18(24)13-6-9-16(25-3)15(21)10-13/h4-10H,1-3H3. The Labute approximate surface area is 172 Å². The van der Waals surface area contributed by atoms with E-state index in [-0.39, 0.29) is 5.91 Å². The highest BCUT2D eigenvalue weighted by Crippen LogP contribution is 2.27. The van der Waals surface area contributed by atoms with Gasteiger partial charge in [0.2, 0.25) is 0 Å². The largest absolute Gasteiger partial charge is 0.496 e. The first kappa shape index (κ1) is 19.1. The van der Waals surface area contributed by atoms with E-state index in [0.29, 0.717) is 16.1 Å². The van der Waals surface area contributed by atoms with E-state index in [0.717, 1.165) is 25.1 Å². The molecule has 0 spiro atoms. The van der Waals surface area contributed by atoms with E-state index in [2.05, 4.69) is 36.9 Å². The highest BCUT2D eigenvalue weighted by atomic mass is 79.9. The number of hydrogen-bond acceptors (Lipinski definition) is 3. The lowest BCUT2D eigenvalue weighted by molar-refractivity contribution is 0.0998. The van der Waals surface area contributed by atoms with Crippen LogP contribution in [0.2, 0.25) is 0 Å². The van der Waals surface area contributed by atoms with Crippen molar-refractivity contribution in [1.29, 1.82) is 0 Å². The normalized spacial score (nSPS) is 11.7. The van der Waals surface area contributed by atoms with Crippen LogP contribution in [0.15, 0.2) is 56.4 Å². The molecule has 26 heavy (non-hydrogen) atoms. The van der Waals surface area contributed by atoms with E-state index in [1.54, 1.807) is 25.3 Å². The zero-order chi connectivity index (χ0) is 18.8. The van der Waals surface area contributed by atoms with Crippen LogP contribution in [-0.2, 0) is 7.05 Å². The van der Waals surface area contributed by atoms with E-state index in [4.69, 9.17) is 4.74 Å². The molecule has 0 atom stereocenters. The fourth-order valence-corrected chi connectivity index (χ4v) is 4.43. The Hall–Kier alpha value is -1.70. The second-order valence-corrected chi connectivity index (χ2v) is 8.57. The number of aryl methyl sites for hydroxylation is 1. The lowest BCUT2D eigenvalue weighted by Crippen LogP contribution is -2.14. The summed E-state index contributed by atoms with van der Waals surface area (Å²) in [5.74, 6) is 0.393. The van der Waals surface area contributed by atoms with E-state index >= 15 is 0 Å². The molecular weight excluding hydrogens is 480 g/mol. The fourth-order valence-electron chi connectivity index (χ4n) is 2.64. The number of amides is 1. The molecule has 0 N–H and O–H groups in total. The monoisotopic (exact) mass is 494 g/mol. The van der Waals surface area contributed by atoms with Crippen LogP contribution >= 0.6 is 43.2 Å². The van der Waals surface area contributed by atoms with Crippen LogP contribution in [0.3, 0.4) is 0 Å². The van der Waals surface area contributed by atoms with E-state index in [9.17, 15) is 4.79 Å². The number of methoxy groups -OCH3 is 1. The average Bonchev–Trinajstić information content (AvgIpc) is 2.89. The van der Waals surface area contributed by atoms with Crippen molar-refractivity contribution in [2.75, 3.05) is 7.11 Å². The summed E-state index contributed by atoms with van der Waals surface area (Å²) in [5.41, 5.74) is 2.66. The van der Waals surface area contributed by atoms with Gasteiger partial charge in [-0.3, -0.25) is 4.79 Å². The van der Waals surface area contributed by atoms with E-state index in [1.165, 1.54) is 11.3 Å². The predicted molar refractivity (Wildman–Crippen MR) is 112 cm³/mol. The Morgan fingerprint density at radius 3 is 2.46 bits per heavy atom. The smallest absolute Gasteiger partial charge is 0.279 e. The van der Waals surface area contributed by atoms with Crippen LogP contribution in [0, 0.1) is 6.92 Å². The Bertz CT molecular complexity index is 1040. The molecule has 0 bridgehead atoms. The molecule has 0 aliphatic heterocycles. The first-order valence-corrected chi connectivity index (χ1v) is 10.2. The molecule has 0 saturated carbocycles. The lowest BCUT2D eigenvalue weighted by Gasteiger charge is -2.05. The van der Waals surface area contributed by atoms with Gasteiger partial charge in [0, 0.05) is 22.0 Å². The summed E-state index contributed by atoms with van der Waals surface area (Å²) < 4.78 is 8.91. The Morgan fingerprint density at radius 1 is 1.15 bits per heavy atom. The molecule has 0 fully saturated rings. The maximum absolute atomic E-state index is 12.6. The first-order chi connectivity index (χ1) is 12.4. The number of nitrogens with zero attached hydrogens (tertiary/aromatic N) is 2. The third kappa shape index (κ3) is 3.84. The third-order valence-corrected chi connectivity index (χ3v) is 6.11. The molecule has 134 valence electrons. The second kappa shape index (κ2) is 7.90. The molecule has 0 saturated heterocycles. The van der Waals surface area contributed by atoms with Crippen molar-refractivity contribution in [2.24, 2.45) is 12.0 Å². The molecule has 0 radical (unpaired) electrons. The molecular formula is C19H16Br2N2O2S. The number of thiazole rings is 1. The van der Waals surface area contributed by atoms with Gasteiger partial charge in [-0.25, -0.2) is 0 Å². The van der Waals surface area contributed by atoms with Crippen molar-refractivity contribution in [1.82, 2.24) is 4.57 Å². The van der Waals surface area contributed by atoms with Gasteiger partial charge in [-0.05, 0) is 58.7 Å². The molecule has 0 aliphatic carbocycles. The van der Waals surface area contributed by atoms with Gasteiger partial charge in [-0.15, -0.1) is 11.3 Å². The predicted octanol–water partition coefficient (Wildman–Crippen LogP) is 5.34. The molecule has 1 amide bonds. The van der Waals surface area contributed by atoms with Crippen LogP contribution in [0.25, 0.3) is 11.3 Å². The Balaban J connectivity index is 2.02. The van der Waals surface area contributed by atoms with Crippen LogP contribution < -0.4 is 9.54 Å². The maximum Gasteiger partial charge on any atom is 0.279 e. The van der Waals surface area contributed by atoms with Crippen LogP contribution in [0.5, 0.6) is 5.75 Å². The average molecular weight is 496 g/mol. The summed E-state index contributed by atoms with van der Waals surface area (Å²) in [4.78, 5) is 18.7. The molecule has 1 aromatic heterocycles. The topological polar surface area (TPSA) is 43.6 Å². The van der Waals surface area contributed by atoms with Gasteiger partial charge in [0.05, 0.1) is 17.3 Å². The summed E-state index contributed by atoms with van der Waals surface area (Å²) in [6.07, 6.45) is 0. The number of carbonyl (C=O) groups excluding carboxylic acids is 1. The molecule has 0 unspecified atom stereocenters. The summed E-state index contributed by atoms with van der Waals surface area (Å²) in [6.45, 7) is 2.04. The number of carbonyl (C=O) groups is 1. The maximum atomic E-state index is 12.6. The highest BCUT2D eigenvalue weighted by molar-refractivity contribution is 9.10. The minimum absolute atomic E-state index is 0.285. The van der Waals surface area contributed by atoms with Gasteiger partial charge in [-0.2, -0.15) is 4.99 Å². The number of benzene rings is 2. The van der Waals surface area contributed by atoms with Crippen LogP contribution in [-0.4, -0.2) is 17.6 Å². The van der Waals surface area contributed by atoms with Gasteiger partial charge in [0.1, 0.15) is 5.75 Å². The number of ether oxygens (including phenoxy) is 1. The minimum atomic E-state index is -0.285. The Kier molecular flexibility index (Phi) is 5.79. The van der Waals surface area contributed by atoms with Crippen molar-refractivity contribution in [3.8, 4) is 17.0 Å². The van der Waals surface area contributed by atoms with Gasteiger partial charge in [-0.1, -0.05) is 28.1 Å². The van der Waals surface area contributed by atoms with Crippen molar-refractivity contribution < 1.29 is 9.53 Å². The quantitative estimate of drug-likeness (QED) is 0.492. The fraction of sp³-hybridized carbons (Fsp3) is 0.158. The zero-order valence-electron chi connectivity index (χ0n) is 14.4. The summed E-state index contributed by atoms with van der Waals surface area (Å²) in [6, 6.07) is 13.3. The van der Waals surface area contributed by atoms with Gasteiger partial charge < -0.3 is 9.30 Å². The van der Waals surface area contributed by atoms with Crippen molar-refractivity contribution in [2.45, 2.75) is 6.92 Å². The SMILES string of the molecule is COc1ccc(C(=O)N=c2sc(C)c(-c3ccc(Br)cc3)n2C)cc1Br.